The first-order valence-electron chi connectivity index (χ1n) is 6.68. The second kappa shape index (κ2) is 6.75. The number of rotatable bonds is 4. The molecule has 1 heterocycles. The largest absolute Gasteiger partial charge is 0.465 e. The lowest BCUT2D eigenvalue weighted by molar-refractivity contribution is -0.142. The Morgan fingerprint density at radius 1 is 1.37 bits per heavy atom. The predicted octanol–water partition coefficient (Wildman–Crippen LogP) is 1.15. The van der Waals surface area contributed by atoms with Gasteiger partial charge in [0.15, 0.2) is 0 Å². The molecule has 1 atom stereocenters. The van der Waals surface area contributed by atoms with Crippen molar-refractivity contribution >= 4 is 12.1 Å². The minimum Gasteiger partial charge on any atom is -0.465 e. The molecule has 1 fully saturated rings. The highest BCUT2D eigenvalue weighted by atomic mass is 16.6. The van der Waals surface area contributed by atoms with E-state index >= 15 is 0 Å². The van der Waals surface area contributed by atoms with Crippen LogP contribution in [0.3, 0.4) is 0 Å². The number of carbonyl (C=O) groups is 2. The van der Waals surface area contributed by atoms with Gasteiger partial charge in [0.2, 0.25) is 0 Å². The van der Waals surface area contributed by atoms with Crippen molar-refractivity contribution in [3.63, 3.8) is 0 Å². The maximum atomic E-state index is 11.8. The molecule has 1 saturated heterocycles. The van der Waals surface area contributed by atoms with E-state index in [2.05, 4.69) is 5.32 Å². The van der Waals surface area contributed by atoms with Crippen LogP contribution >= 0.6 is 0 Å². The number of nitrogens with one attached hydrogen (secondary N) is 1. The predicted molar refractivity (Wildman–Crippen MR) is 70.8 cm³/mol. The van der Waals surface area contributed by atoms with E-state index in [4.69, 9.17) is 9.47 Å². The Morgan fingerprint density at radius 2 is 2.05 bits per heavy atom. The molecule has 0 saturated carbocycles. The Labute approximate surface area is 114 Å². The average Bonchev–Trinajstić information content (AvgIpc) is 2.73. The Balaban J connectivity index is 2.29. The highest BCUT2D eigenvalue weighted by Gasteiger charge is 2.29. The zero-order valence-corrected chi connectivity index (χ0v) is 12.2. The van der Waals surface area contributed by atoms with E-state index in [9.17, 15) is 9.59 Å². The number of ether oxygens (including phenoxy) is 2. The molecule has 1 amide bonds. The quantitative estimate of drug-likeness (QED) is 0.778. The number of esters is 1. The van der Waals surface area contributed by atoms with Crippen LogP contribution in [-0.2, 0) is 14.3 Å². The number of amides is 1. The molecule has 0 aromatic heterocycles. The molecule has 19 heavy (non-hydrogen) atoms. The van der Waals surface area contributed by atoms with Gasteiger partial charge in [-0.05, 0) is 34.1 Å². The SMILES string of the molecule is CCOC(=O)CN[C@@H]1CCN(C(=O)OC(C)(C)C)C1. The summed E-state index contributed by atoms with van der Waals surface area (Å²) in [6, 6.07) is 0.122. The van der Waals surface area contributed by atoms with Gasteiger partial charge in [-0.3, -0.25) is 4.79 Å². The van der Waals surface area contributed by atoms with Crippen molar-refractivity contribution in [2.24, 2.45) is 0 Å². The Bertz CT molecular complexity index is 325. The average molecular weight is 272 g/mol. The molecule has 0 spiro atoms. The van der Waals surface area contributed by atoms with Crippen molar-refractivity contribution in [1.82, 2.24) is 10.2 Å². The highest BCUT2D eigenvalue weighted by molar-refractivity contribution is 5.71. The van der Waals surface area contributed by atoms with E-state index in [1.165, 1.54) is 0 Å². The minimum absolute atomic E-state index is 0.122. The topological polar surface area (TPSA) is 67.9 Å². The fourth-order valence-corrected chi connectivity index (χ4v) is 1.86. The molecule has 0 aromatic rings. The molecule has 0 aromatic carbocycles. The lowest BCUT2D eigenvalue weighted by Crippen LogP contribution is -2.39. The summed E-state index contributed by atoms with van der Waals surface area (Å²) in [5, 5.41) is 3.09. The van der Waals surface area contributed by atoms with E-state index < -0.39 is 5.60 Å². The van der Waals surface area contributed by atoms with Crippen LogP contribution in [0.1, 0.15) is 34.1 Å². The molecule has 1 aliphatic rings. The van der Waals surface area contributed by atoms with E-state index in [0.29, 0.717) is 19.7 Å². The standard InChI is InChI=1S/C13H24N2O4/c1-5-18-11(16)8-14-10-6-7-15(9-10)12(17)19-13(2,3)4/h10,14H,5-9H2,1-4H3/t10-/m1/s1. The molecule has 110 valence electrons. The van der Waals surface area contributed by atoms with Crippen molar-refractivity contribution in [2.45, 2.75) is 45.8 Å². The van der Waals surface area contributed by atoms with Crippen molar-refractivity contribution in [2.75, 3.05) is 26.2 Å². The van der Waals surface area contributed by atoms with Gasteiger partial charge >= 0.3 is 12.1 Å². The van der Waals surface area contributed by atoms with E-state index in [1.54, 1.807) is 11.8 Å². The third kappa shape index (κ3) is 5.92. The van der Waals surface area contributed by atoms with E-state index in [1.807, 2.05) is 20.8 Å². The number of hydrogen-bond acceptors (Lipinski definition) is 5. The van der Waals surface area contributed by atoms with Gasteiger partial charge in [-0.1, -0.05) is 0 Å². The first kappa shape index (κ1) is 15.8. The minimum atomic E-state index is -0.479. The smallest absolute Gasteiger partial charge is 0.410 e. The summed E-state index contributed by atoms with van der Waals surface area (Å²) < 4.78 is 10.1. The Hall–Kier alpha value is -1.30. The molecular weight excluding hydrogens is 248 g/mol. The fourth-order valence-electron chi connectivity index (χ4n) is 1.86. The Morgan fingerprint density at radius 3 is 2.63 bits per heavy atom. The number of likely N-dealkylation sites (tertiary alicyclic amines) is 1. The zero-order chi connectivity index (χ0) is 14.5. The summed E-state index contributed by atoms with van der Waals surface area (Å²) in [4.78, 5) is 24.7. The van der Waals surface area contributed by atoms with Crippen molar-refractivity contribution in [3.05, 3.63) is 0 Å². The molecular formula is C13H24N2O4. The maximum absolute atomic E-state index is 11.8. The zero-order valence-electron chi connectivity index (χ0n) is 12.2. The summed E-state index contributed by atoms with van der Waals surface area (Å²) in [6.45, 7) is 9.09. The van der Waals surface area contributed by atoms with Crippen molar-refractivity contribution < 1.29 is 19.1 Å². The second-order valence-electron chi connectivity index (χ2n) is 5.60. The molecule has 1 N–H and O–H groups in total. The molecule has 1 aliphatic heterocycles. The second-order valence-corrected chi connectivity index (χ2v) is 5.60. The summed E-state index contributed by atoms with van der Waals surface area (Å²) in [5.41, 5.74) is -0.479. The van der Waals surface area contributed by atoms with Crippen LogP contribution in [0.4, 0.5) is 4.79 Å². The summed E-state index contributed by atoms with van der Waals surface area (Å²) in [6.07, 6.45) is 0.520. The maximum Gasteiger partial charge on any atom is 0.410 e. The normalized spacial score (nSPS) is 19.4. The van der Waals surface area contributed by atoms with Crippen LogP contribution in [0.2, 0.25) is 0 Å². The number of carbonyl (C=O) groups excluding carboxylic acids is 2. The molecule has 0 aliphatic carbocycles. The third-order valence-electron chi connectivity index (χ3n) is 2.68. The van der Waals surface area contributed by atoms with Crippen LogP contribution < -0.4 is 5.32 Å². The molecule has 6 nitrogen and oxygen atoms in total. The summed E-state index contributed by atoms with van der Waals surface area (Å²) >= 11 is 0. The Kier molecular flexibility index (Phi) is 5.60. The first-order valence-corrected chi connectivity index (χ1v) is 6.68. The van der Waals surface area contributed by atoms with Gasteiger partial charge in [-0.15, -0.1) is 0 Å². The molecule has 6 heteroatoms. The van der Waals surface area contributed by atoms with Gasteiger partial charge in [-0.2, -0.15) is 0 Å². The fraction of sp³-hybridized carbons (Fsp3) is 0.846. The van der Waals surface area contributed by atoms with Gasteiger partial charge in [0.25, 0.3) is 0 Å². The van der Waals surface area contributed by atoms with Gasteiger partial charge in [0.05, 0.1) is 13.2 Å². The van der Waals surface area contributed by atoms with Crippen LogP contribution in [0.5, 0.6) is 0 Å². The number of nitrogens with zero attached hydrogens (tertiary/aromatic N) is 1. The lowest BCUT2D eigenvalue weighted by Gasteiger charge is -2.24. The van der Waals surface area contributed by atoms with Gasteiger partial charge < -0.3 is 19.7 Å². The molecule has 1 rings (SSSR count). The monoisotopic (exact) mass is 272 g/mol. The first-order chi connectivity index (χ1) is 8.81. The van der Waals surface area contributed by atoms with Crippen molar-refractivity contribution in [1.29, 1.82) is 0 Å². The lowest BCUT2D eigenvalue weighted by atomic mass is 10.2. The van der Waals surface area contributed by atoms with Gasteiger partial charge in [0, 0.05) is 19.1 Å². The summed E-state index contributed by atoms with van der Waals surface area (Å²) in [5.74, 6) is -0.266. The van der Waals surface area contributed by atoms with Crippen LogP contribution in [0, 0.1) is 0 Å². The number of hydrogen-bond donors (Lipinski definition) is 1. The van der Waals surface area contributed by atoms with Crippen molar-refractivity contribution in [3.8, 4) is 0 Å². The van der Waals surface area contributed by atoms with Gasteiger partial charge in [0.1, 0.15) is 5.60 Å². The van der Waals surface area contributed by atoms with Crippen LogP contribution in [-0.4, -0.2) is 54.8 Å². The molecule has 0 bridgehead atoms. The van der Waals surface area contributed by atoms with E-state index in [-0.39, 0.29) is 24.6 Å². The van der Waals surface area contributed by atoms with Crippen LogP contribution in [0.25, 0.3) is 0 Å². The van der Waals surface area contributed by atoms with Crippen LogP contribution in [0.15, 0.2) is 0 Å². The van der Waals surface area contributed by atoms with Gasteiger partial charge in [-0.25, -0.2) is 4.79 Å². The molecule has 0 radical (unpaired) electrons. The highest BCUT2D eigenvalue weighted by Crippen LogP contribution is 2.15. The molecule has 0 unspecified atom stereocenters. The third-order valence-corrected chi connectivity index (χ3v) is 2.68. The summed E-state index contributed by atoms with van der Waals surface area (Å²) in [7, 11) is 0. The van der Waals surface area contributed by atoms with E-state index in [0.717, 1.165) is 6.42 Å².